The minimum absolute atomic E-state index is 0.259. The van der Waals surface area contributed by atoms with Gasteiger partial charge in [-0.2, -0.15) is 0 Å². The number of carboxylic acids is 1. The van der Waals surface area contributed by atoms with Gasteiger partial charge in [0.05, 0.1) is 5.41 Å². The van der Waals surface area contributed by atoms with Crippen molar-refractivity contribution in [2.24, 2.45) is 11.3 Å². The number of carbonyl (C=O) groups is 1. The molecule has 0 saturated heterocycles. The first-order valence-corrected chi connectivity index (χ1v) is 8.16. The molecule has 0 aliphatic carbocycles. The minimum Gasteiger partial charge on any atom is -0.481 e. The summed E-state index contributed by atoms with van der Waals surface area (Å²) in [6, 6.07) is 0. The van der Waals surface area contributed by atoms with Crippen molar-refractivity contribution >= 4 is 5.97 Å². The topological polar surface area (TPSA) is 37.3 Å². The van der Waals surface area contributed by atoms with Gasteiger partial charge in [0.25, 0.3) is 0 Å². The van der Waals surface area contributed by atoms with Gasteiger partial charge >= 0.3 is 5.97 Å². The van der Waals surface area contributed by atoms with E-state index in [1.807, 2.05) is 13.8 Å². The van der Waals surface area contributed by atoms with Gasteiger partial charge in [0, 0.05) is 0 Å². The molecular formula is C17H34O2. The molecule has 2 heteroatoms. The van der Waals surface area contributed by atoms with E-state index in [9.17, 15) is 4.79 Å². The third-order valence-electron chi connectivity index (χ3n) is 4.52. The Morgan fingerprint density at radius 2 is 1.37 bits per heavy atom. The van der Waals surface area contributed by atoms with Gasteiger partial charge in [-0.3, -0.25) is 4.79 Å². The van der Waals surface area contributed by atoms with Crippen LogP contribution in [0, 0.1) is 11.3 Å². The molecule has 0 aliphatic heterocycles. The van der Waals surface area contributed by atoms with Crippen LogP contribution in [-0.2, 0) is 4.79 Å². The van der Waals surface area contributed by atoms with Crippen LogP contribution >= 0.6 is 0 Å². The number of aliphatic carboxylic acids is 1. The van der Waals surface area contributed by atoms with Gasteiger partial charge in [-0.05, 0) is 26.2 Å². The first kappa shape index (κ1) is 18.5. The number of rotatable bonds is 12. The molecule has 0 aromatic rings. The van der Waals surface area contributed by atoms with Crippen molar-refractivity contribution in [1.82, 2.24) is 0 Å². The van der Waals surface area contributed by atoms with Crippen LogP contribution < -0.4 is 0 Å². The van der Waals surface area contributed by atoms with Gasteiger partial charge in [-0.15, -0.1) is 0 Å². The molecule has 0 aromatic carbocycles. The summed E-state index contributed by atoms with van der Waals surface area (Å²) in [5.41, 5.74) is -0.583. The predicted octanol–water partition coefficient (Wildman–Crippen LogP) is 5.65. The highest BCUT2D eigenvalue weighted by molar-refractivity contribution is 5.73. The molecule has 1 atom stereocenters. The van der Waals surface area contributed by atoms with E-state index in [1.165, 1.54) is 57.8 Å². The number of hydrogen-bond donors (Lipinski definition) is 1. The molecule has 2 nitrogen and oxygen atoms in total. The molecule has 0 fully saturated rings. The van der Waals surface area contributed by atoms with Crippen molar-refractivity contribution in [1.29, 1.82) is 0 Å². The lowest BCUT2D eigenvalue weighted by molar-refractivity contribution is -0.149. The molecule has 0 aliphatic rings. The molecule has 0 aromatic heterocycles. The van der Waals surface area contributed by atoms with Gasteiger partial charge < -0.3 is 5.11 Å². The Balaban J connectivity index is 3.47. The SMILES string of the molecule is CCCCCCCCCCCC(C)C(C)(C)C(=O)O. The highest BCUT2D eigenvalue weighted by Gasteiger charge is 2.33. The van der Waals surface area contributed by atoms with Crippen molar-refractivity contribution in [2.75, 3.05) is 0 Å². The Morgan fingerprint density at radius 1 is 0.947 bits per heavy atom. The third kappa shape index (κ3) is 8.28. The van der Waals surface area contributed by atoms with E-state index in [4.69, 9.17) is 5.11 Å². The lowest BCUT2D eigenvalue weighted by Gasteiger charge is -2.27. The zero-order valence-corrected chi connectivity index (χ0v) is 13.5. The zero-order chi connectivity index (χ0) is 14.7. The van der Waals surface area contributed by atoms with Crippen LogP contribution in [0.2, 0.25) is 0 Å². The Labute approximate surface area is 120 Å². The number of hydrogen-bond acceptors (Lipinski definition) is 1. The first-order chi connectivity index (χ1) is 8.92. The van der Waals surface area contributed by atoms with Crippen molar-refractivity contribution in [3.8, 4) is 0 Å². The molecule has 1 unspecified atom stereocenters. The van der Waals surface area contributed by atoms with Crippen molar-refractivity contribution in [3.63, 3.8) is 0 Å². The van der Waals surface area contributed by atoms with Crippen molar-refractivity contribution in [3.05, 3.63) is 0 Å². The fourth-order valence-electron chi connectivity index (χ4n) is 2.33. The number of unbranched alkanes of at least 4 members (excludes halogenated alkanes) is 8. The molecule has 19 heavy (non-hydrogen) atoms. The quantitative estimate of drug-likeness (QED) is 0.465. The summed E-state index contributed by atoms with van der Waals surface area (Å²) >= 11 is 0. The second-order valence-corrected chi connectivity index (χ2v) is 6.54. The fraction of sp³-hybridized carbons (Fsp3) is 0.941. The molecule has 0 radical (unpaired) electrons. The van der Waals surface area contributed by atoms with E-state index in [1.54, 1.807) is 0 Å². The average Bonchev–Trinajstić information content (AvgIpc) is 2.36. The Bertz CT molecular complexity index is 233. The van der Waals surface area contributed by atoms with Crippen LogP contribution in [0.5, 0.6) is 0 Å². The molecule has 0 saturated carbocycles. The molecule has 0 spiro atoms. The normalized spacial score (nSPS) is 13.5. The van der Waals surface area contributed by atoms with E-state index in [-0.39, 0.29) is 5.92 Å². The van der Waals surface area contributed by atoms with Gasteiger partial charge in [-0.25, -0.2) is 0 Å². The van der Waals surface area contributed by atoms with Crippen LogP contribution in [0.3, 0.4) is 0 Å². The largest absolute Gasteiger partial charge is 0.481 e. The Morgan fingerprint density at radius 3 is 1.79 bits per heavy atom. The maximum absolute atomic E-state index is 11.1. The summed E-state index contributed by atoms with van der Waals surface area (Å²) in [6.45, 7) is 8.00. The van der Waals surface area contributed by atoms with Gasteiger partial charge in [0.1, 0.15) is 0 Å². The third-order valence-corrected chi connectivity index (χ3v) is 4.52. The average molecular weight is 270 g/mol. The van der Waals surface area contributed by atoms with E-state index < -0.39 is 11.4 Å². The predicted molar refractivity (Wildman–Crippen MR) is 82.4 cm³/mol. The standard InChI is InChI=1S/C17H34O2/c1-5-6-7-8-9-10-11-12-13-14-15(2)17(3,4)16(18)19/h15H,5-14H2,1-4H3,(H,18,19). The smallest absolute Gasteiger partial charge is 0.309 e. The molecule has 0 bridgehead atoms. The molecule has 0 heterocycles. The molecule has 114 valence electrons. The van der Waals surface area contributed by atoms with E-state index >= 15 is 0 Å². The van der Waals surface area contributed by atoms with E-state index in [2.05, 4.69) is 13.8 Å². The maximum Gasteiger partial charge on any atom is 0.309 e. The highest BCUT2D eigenvalue weighted by Crippen LogP contribution is 2.30. The zero-order valence-electron chi connectivity index (χ0n) is 13.5. The van der Waals surface area contributed by atoms with Gasteiger partial charge in [-0.1, -0.05) is 71.6 Å². The highest BCUT2D eigenvalue weighted by atomic mass is 16.4. The van der Waals surface area contributed by atoms with E-state index in [0.29, 0.717) is 0 Å². The molecule has 0 rings (SSSR count). The van der Waals surface area contributed by atoms with Crippen LogP contribution in [0.4, 0.5) is 0 Å². The second-order valence-electron chi connectivity index (χ2n) is 6.54. The summed E-state index contributed by atoms with van der Waals surface area (Å²) < 4.78 is 0. The summed E-state index contributed by atoms with van der Waals surface area (Å²) in [5, 5.41) is 9.16. The van der Waals surface area contributed by atoms with Gasteiger partial charge in [0.2, 0.25) is 0 Å². The van der Waals surface area contributed by atoms with Crippen molar-refractivity contribution < 1.29 is 9.90 Å². The second kappa shape index (κ2) is 10.3. The Kier molecular flexibility index (Phi) is 9.99. The molecule has 0 amide bonds. The monoisotopic (exact) mass is 270 g/mol. The first-order valence-electron chi connectivity index (χ1n) is 8.16. The summed E-state index contributed by atoms with van der Waals surface area (Å²) in [5.74, 6) is -0.412. The van der Waals surface area contributed by atoms with Crippen LogP contribution in [0.15, 0.2) is 0 Å². The Hall–Kier alpha value is -0.530. The van der Waals surface area contributed by atoms with Crippen LogP contribution in [-0.4, -0.2) is 11.1 Å². The van der Waals surface area contributed by atoms with Crippen molar-refractivity contribution in [2.45, 2.75) is 91.9 Å². The van der Waals surface area contributed by atoms with Crippen LogP contribution in [0.1, 0.15) is 91.9 Å². The molecular weight excluding hydrogens is 236 g/mol. The lowest BCUT2D eigenvalue weighted by Crippen LogP contribution is -2.31. The van der Waals surface area contributed by atoms with Crippen LogP contribution in [0.25, 0.3) is 0 Å². The summed E-state index contributed by atoms with van der Waals surface area (Å²) in [7, 11) is 0. The summed E-state index contributed by atoms with van der Waals surface area (Å²) in [6.07, 6.45) is 13.0. The lowest BCUT2D eigenvalue weighted by atomic mass is 9.77. The fourth-order valence-corrected chi connectivity index (χ4v) is 2.33. The van der Waals surface area contributed by atoms with Gasteiger partial charge in [0.15, 0.2) is 0 Å². The number of carboxylic acid groups (broad SMARTS) is 1. The van der Waals surface area contributed by atoms with E-state index in [0.717, 1.165) is 6.42 Å². The minimum atomic E-state index is -0.670. The molecule has 1 N–H and O–H groups in total. The summed E-state index contributed by atoms with van der Waals surface area (Å²) in [4.78, 5) is 11.1. The maximum atomic E-state index is 11.1.